The van der Waals surface area contributed by atoms with E-state index in [1.165, 1.54) is 39.9 Å². The van der Waals surface area contributed by atoms with Crippen LogP contribution in [0.15, 0.2) is 69.9 Å². The topological polar surface area (TPSA) is 46.5 Å². The first-order chi connectivity index (χ1) is 16.1. The van der Waals surface area contributed by atoms with Gasteiger partial charge in [0.2, 0.25) is 0 Å². The summed E-state index contributed by atoms with van der Waals surface area (Å²) in [5, 5.41) is 0. The van der Waals surface area contributed by atoms with Crippen molar-refractivity contribution in [3.8, 4) is 0 Å². The minimum Gasteiger partial charge on any atom is -0.326 e. The second-order valence-corrected chi connectivity index (χ2v) is 10.6. The quantitative estimate of drug-likeness (QED) is 0.154. The van der Waals surface area contributed by atoms with Gasteiger partial charge in [-0.05, 0) is 113 Å². The van der Waals surface area contributed by atoms with E-state index in [2.05, 4.69) is 71.9 Å². The van der Waals surface area contributed by atoms with Gasteiger partial charge in [-0.15, -0.1) is 0 Å². The van der Waals surface area contributed by atoms with Crippen molar-refractivity contribution >= 4 is 8.25 Å². The molecule has 0 aliphatic carbocycles. The number of hydrogen-bond acceptors (Lipinski definition) is 2. The maximum Gasteiger partial charge on any atom is 0.316 e. The highest BCUT2D eigenvalue weighted by atomic mass is 31.1. The summed E-state index contributed by atoms with van der Waals surface area (Å²) in [6.45, 7) is 15.5. The Hall–Kier alpha value is -1.41. The molecule has 0 heterocycles. The van der Waals surface area contributed by atoms with E-state index in [1.807, 2.05) is 13.0 Å². The molecule has 0 spiro atoms. The molecule has 1 atom stereocenters. The molecule has 0 aliphatic rings. The van der Waals surface area contributed by atoms with Gasteiger partial charge in [0.1, 0.15) is 0 Å². The predicted molar refractivity (Wildman–Crippen MR) is 152 cm³/mol. The zero-order valence-corrected chi connectivity index (χ0v) is 24.0. The van der Waals surface area contributed by atoms with Crippen molar-refractivity contribution in [2.75, 3.05) is 6.61 Å². The first kappa shape index (κ1) is 32.6. The lowest BCUT2D eigenvalue weighted by Gasteiger charge is -2.04. The van der Waals surface area contributed by atoms with Gasteiger partial charge in [-0.2, -0.15) is 0 Å². The third-order valence-corrected chi connectivity index (χ3v) is 6.27. The van der Waals surface area contributed by atoms with E-state index >= 15 is 0 Å². The van der Waals surface area contributed by atoms with Crippen LogP contribution >= 0.6 is 8.25 Å². The van der Waals surface area contributed by atoms with Crippen LogP contribution in [0.1, 0.15) is 113 Å². The summed E-state index contributed by atoms with van der Waals surface area (Å²) in [7, 11) is -2.82. The van der Waals surface area contributed by atoms with Crippen LogP contribution in [-0.2, 0) is 9.09 Å². The number of hydrogen-bond donors (Lipinski definition) is 1. The fourth-order valence-electron chi connectivity index (χ4n) is 3.54. The van der Waals surface area contributed by atoms with Crippen LogP contribution in [-0.4, -0.2) is 11.5 Å². The van der Waals surface area contributed by atoms with Gasteiger partial charge in [0.25, 0.3) is 0 Å². The van der Waals surface area contributed by atoms with Gasteiger partial charge in [0.15, 0.2) is 0 Å². The third-order valence-electron chi connectivity index (χ3n) is 5.86. The molecule has 0 radical (unpaired) electrons. The van der Waals surface area contributed by atoms with Crippen molar-refractivity contribution in [1.82, 2.24) is 0 Å². The Morgan fingerprint density at radius 2 is 0.853 bits per heavy atom. The maximum atomic E-state index is 10.5. The molecule has 0 aromatic heterocycles. The van der Waals surface area contributed by atoms with Crippen LogP contribution in [0.2, 0.25) is 0 Å². The molecule has 0 fully saturated rings. The van der Waals surface area contributed by atoms with Gasteiger partial charge in [0.05, 0.1) is 6.61 Å². The van der Waals surface area contributed by atoms with Crippen LogP contribution in [0, 0.1) is 0 Å². The zero-order chi connectivity index (χ0) is 25.8. The molecular formula is C30H51O3P. The van der Waals surface area contributed by atoms with E-state index in [0.717, 1.165) is 57.8 Å². The van der Waals surface area contributed by atoms with Crippen molar-refractivity contribution < 1.29 is 14.0 Å². The van der Waals surface area contributed by atoms with E-state index in [1.54, 1.807) is 0 Å². The van der Waals surface area contributed by atoms with E-state index in [0.29, 0.717) is 0 Å². The van der Waals surface area contributed by atoms with Gasteiger partial charge >= 0.3 is 8.25 Å². The lowest BCUT2D eigenvalue weighted by atomic mass is 10.0. The molecule has 3 nitrogen and oxygen atoms in total. The van der Waals surface area contributed by atoms with Gasteiger partial charge in [0, 0.05) is 0 Å². The Morgan fingerprint density at radius 1 is 0.559 bits per heavy atom. The summed E-state index contributed by atoms with van der Waals surface area (Å²) in [5.74, 6) is 0. The lowest BCUT2D eigenvalue weighted by Crippen LogP contribution is -1.85. The summed E-state index contributed by atoms with van der Waals surface area (Å²) < 4.78 is 15.2. The average Bonchev–Trinajstić information content (AvgIpc) is 2.73. The summed E-state index contributed by atoms with van der Waals surface area (Å²) in [5.41, 5.74) is 8.51. The van der Waals surface area contributed by atoms with Crippen LogP contribution in [0.3, 0.4) is 0 Å². The number of rotatable bonds is 18. The van der Waals surface area contributed by atoms with Crippen molar-refractivity contribution in [2.45, 2.75) is 113 Å². The van der Waals surface area contributed by atoms with Crippen LogP contribution in [0.4, 0.5) is 0 Å². The molecule has 4 heteroatoms. The highest BCUT2D eigenvalue weighted by Crippen LogP contribution is 2.17. The fourth-order valence-corrected chi connectivity index (χ4v) is 3.76. The summed E-state index contributed by atoms with van der Waals surface area (Å²) >= 11 is 0. The summed E-state index contributed by atoms with van der Waals surface area (Å²) in [6, 6.07) is 0. The minimum absolute atomic E-state index is 0.217. The van der Waals surface area contributed by atoms with Crippen LogP contribution in [0.25, 0.3) is 0 Å². The molecular weight excluding hydrogens is 439 g/mol. The van der Waals surface area contributed by atoms with Crippen molar-refractivity contribution in [3.63, 3.8) is 0 Å². The second-order valence-electron chi connectivity index (χ2n) is 9.80. The lowest BCUT2D eigenvalue weighted by molar-refractivity contribution is 0.312. The standard InChI is InChI=1S/C30H51O3P/c1-25(2)13-8-14-26(3)15-9-16-27(4)17-10-18-28(5)19-11-20-29(6)21-12-22-30(7)23-24-33-34(31)32/h13,15,17,19,21,23,34H,8-12,14,16,18,20,22,24H2,1-7H3,(H,31,32)/b26-15+,27-17-,28-19-,29-21-,30-23-. The Bertz CT molecular complexity index is 775. The van der Waals surface area contributed by atoms with E-state index < -0.39 is 8.25 Å². The Morgan fingerprint density at radius 3 is 1.15 bits per heavy atom. The average molecular weight is 491 g/mol. The maximum absolute atomic E-state index is 10.5. The Labute approximate surface area is 211 Å². The number of allylic oxidation sites excluding steroid dienone is 11. The van der Waals surface area contributed by atoms with Gasteiger partial charge in [-0.25, -0.2) is 0 Å². The molecule has 0 bridgehead atoms. The fraction of sp³-hybridized carbons (Fsp3) is 0.600. The highest BCUT2D eigenvalue weighted by molar-refractivity contribution is 7.32. The molecule has 1 unspecified atom stereocenters. The molecule has 0 aromatic rings. The predicted octanol–water partition coefficient (Wildman–Crippen LogP) is 9.98. The Balaban J connectivity index is 4.12. The molecule has 0 rings (SSSR count). The van der Waals surface area contributed by atoms with Gasteiger partial charge in [-0.3, -0.25) is 4.57 Å². The minimum atomic E-state index is -2.82. The molecule has 0 aliphatic heterocycles. The van der Waals surface area contributed by atoms with Crippen molar-refractivity contribution in [2.24, 2.45) is 0 Å². The van der Waals surface area contributed by atoms with Gasteiger partial charge < -0.3 is 9.42 Å². The molecule has 34 heavy (non-hydrogen) atoms. The van der Waals surface area contributed by atoms with E-state index in [9.17, 15) is 4.57 Å². The highest BCUT2D eigenvalue weighted by Gasteiger charge is 1.96. The van der Waals surface area contributed by atoms with Crippen molar-refractivity contribution in [1.29, 1.82) is 0 Å². The zero-order valence-electron chi connectivity index (χ0n) is 23.0. The molecule has 0 saturated heterocycles. The summed E-state index contributed by atoms with van der Waals surface area (Å²) in [4.78, 5) is 8.66. The molecule has 0 amide bonds. The SMILES string of the molecule is CC(C)=CCC/C(C)=C/CC/C(C)=C\CC/C(C)=C\CC/C(C)=C\CC/C(C)=C\CO[PH](=O)O. The van der Waals surface area contributed by atoms with Crippen molar-refractivity contribution in [3.05, 3.63) is 69.9 Å². The normalized spacial score (nSPS) is 15.0. The molecule has 0 saturated carbocycles. The smallest absolute Gasteiger partial charge is 0.316 e. The Kier molecular flexibility index (Phi) is 20.1. The molecule has 194 valence electrons. The molecule has 1 N–H and O–H groups in total. The second kappa shape index (κ2) is 20.9. The first-order valence-corrected chi connectivity index (χ1v) is 14.1. The monoisotopic (exact) mass is 490 g/mol. The molecule has 0 aromatic carbocycles. The first-order valence-electron chi connectivity index (χ1n) is 12.9. The summed E-state index contributed by atoms with van der Waals surface area (Å²) in [6.07, 6.45) is 24.8. The van der Waals surface area contributed by atoms with Crippen LogP contribution in [0.5, 0.6) is 0 Å². The van der Waals surface area contributed by atoms with E-state index in [4.69, 9.17) is 9.42 Å². The van der Waals surface area contributed by atoms with Crippen LogP contribution < -0.4 is 0 Å². The largest absolute Gasteiger partial charge is 0.326 e. The van der Waals surface area contributed by atoms with E-state index in [-0.39, 0.29) is 6.61 Å². The van der Waals surface area contributed by atoms with Gasteiger partial charge in [-0.1, -0.05) is 69.9 Å². The third kappa shape index (κ3) is 22.4.